The third-order valence-electron chi connectivity index (χ3n) is 2.88. The molecule has 0 bridgehead atoms. The molecule has 18 heavy (non-hydrogen) atoms. The summed E-state index contributed by atoms with van der Waals surface area (Å²) in [7, 11) is 1.52. The zero-order chi connectivity index (χ0) is 13.0. The highest BCUT2D eigenvalue weighted by Gasteiger charge is 2.18. The van der Waals surface area contributed by atoms with Crippen molar-refractivity contribution >= 4 is 17.9 Å². The van der Waals surface area contributed by atoms with Crippen molar-refractivity contribution in [1.29, 1.82) is 0 Å². The molecule has 5 heteroatoms. The van der Waals surface area contributed by atoms with Gasteiger partial charge in [0, 0.05) is 18.1 Å². The van der Waals surface area contributed by atoms with Crippen molar-refractivity contribution in [2.75, 3.05) is 26.9 Å². The van der Waals surface area contributed by atoms with E-state index in [1.54, 1.807) is 12.1 Å². The number of ether oxygens (including phenoxy) is 3. The highest BCUT2D eigenvalue weighted by molar-refractivity contribution is 6.32. The lowest BCUT2D eigenvalue weighted by atomic mass is 10.1. The largest absolute Gasteiger partial charge is 0.493 e. The molecule has 1 aliphatic heterocycles. The van der Waals surface area contributed by atoms with Gasteiger partial charge in [-0.2, -0.15) is 0 Å². The third-order valence-corrected chi connectivity index (χ3v) is 3.16. The van der Waals surface area contributed by atoms with Gasteiger partial charge in [-0.25, -0.2) is 0 Å². The first-order valence-electron chi connectivity index (χ1n) is 5.78. The van der Waals surface area contributed by atoms with Crippen molar-refractivity contribution in [3.63, 3.8) is 0 Å². The van der Waals surface area contributed by atoms with Gasteiger partial charge in [-0.15, -0.1) is 0 Å². The molecule has 0 saturated carbocycles. The van der Waals surface area contributed by atoms with E-state index < -0.39 is 0 Å². The summed E-state index contributed by atoms with van der Waals surface area (Å²) in [5, 5.41) is 0.385. The fraction of sp³-hybridized carbons (Fsp3) is 0.462. The summed E-state index contributed by atoms with van der Waals surface area (Å²) in [5.74, 6) is 1.34. The van der Waals surface area contributed by atoms with Crippen LogP contribution < -0.4 is 9.47 Å². The van der Waals surface area contributed by atoms with E-state index in [1.165, 1.54) is 7.11 Å². The van der Waals surface area contributed by atoms with Crippen LogP contribution in [-0.4, -0.2) is 33.2 Å². The zero-order valence-corrected chi connectivity index (χ0v) is 10.9. The first-order valence-corrected chi connectivity index (χ1v) is 6.15. The lowest BCUT2D eigenvalue weighted by Gasteiger charge is -2.15. The Hall–Kier alpha value is -1.26. The number of carbonyl (C=O) groups excluding carboxylic acids is 1. The molecule has 2 rings (SSSR count). The second-order valence-electron chi connectivity index (χ2n) is 4.19. The van der Waals surface area contributed by atoms with Gasteiger partial charge in [0.15, 0.2) is 11.5 Å². The number of methoxy groups -OCH3 is 1. The molecule has 1 atom stereocenters. The predicted octanol–water partition coefficient (Wildman–Crippen LogP) is 2.58. The van der Waals surface area contributed by atoms with Crippen LogP contribution in [0.2, 0.25) is 5.02 Å². The van der Waals surface area contributed by atoms with Gasteiger partial charge in [0.25, 0.3) is 0 Å². The smallest absolute Gasteiger partial charge is 0.179 e. The average molecular weight is 271 g/mol. The van der Waals surface area contributed by atoms with Gasteiger partial charge in [-0.05, 0) is 18.6 Å². The molecule has 98 valence electrons. The molecule has 1 aromatic carbocycles. The van der Waals surface area contributed by atoms with Crippen molar-refractivity contribution in [2.24, 2.45) is 5.92 Å². The number of hydrogen-bond acceptors (Lipinski definition) is 4. The summed E-state index contributed by atoms with van der Waals surface area (Å²) in [5.41, 5.74) is 0.466. The van der Waals surface area contributed by atoms with E-state index in [4.69, 9.17) is 25.8 Å². The second-order valence-corrected chi connectivity index (χ2v) is 4.60. The molecule has 0 spiro atoms. The van der Waals surface area contributed by atoms with Gasteiger partial charge < -0.3 is 14.2 Å². The van der Waals surface area contributed by atoms with Gasteiger partial charge in [-0.1, -0.05) is 11.6 Å². The molecular weight excluding hydrogens is 256 g/mol. The van der Waals surface area contributed by atoms with Crippen LogP contribution in [0.4, 0.5) is 0 Å². The van der Waals surface area contributed by atoms with Crippen LogP contribution in [0.3, 0.4) is 0 Å². The van der Waals surface area contributed by atoms with Crippen molar-refractivity contribution in [3.05, 3.63) is 22.7 Å². The Morgan fingerprint density at radius 1 is 1.56 bits per heavy atom. The monoisotopic (exact) mass is 270 g/mol. The Balaban J connectivity index is 2.12. The van der Waals surface area contributed by atoms with Gasteiger partial charge in [0.05, 0.1) is 25.3 Å². The maximum Gasteiger partial charge on any atom is 0.179 e. The van der Waals surface area contributed by atoms with Crippen molar-refractivity contribution < 1.29 is 19.0 Å². The maximum atomic E-state index is 10.7. The summed E-state index contributed by atoms with van der Waals surface area (Å²) in [6.45, 7) is 2.03. The van der Waals surface area contributed by atoms with Gasteiger partial charge in [0.1, 0.15) is 6.29 Å². The minimum absolute atomic E-state index is 0.385. The normalized spacial score (nSPS) is 18.7. The average Bonchev–Trinajstić information content (AvgIpc) is 2.89. The van der Waals surface area contributed by atoms with E-state index in [2.05, 4.69) is 0 Å². The van der Waals surface area contributed by atoms with Crippen molar-refractivity contribution in [2.45, 2.75) is 6.42 Å². The van der Waals surface area contributed by atoms with Crippen LogP contribution in [0.1, 0.15) is 16.8 Å². The quantitative estimate of drug-likeness (QED) is 0.772. The molecule has 1 aliphatic rings. The molecular formula is C13H15ClO4. The first kappa shape index (κ1) is 13.2. The van der Waals surface area contributed by atoms with Gasteiger partial charge in [0.2, 0.25) is 0 Å². The van der Waals surface area contributed by atoms with Crippen molar-refractivity contribution in [1.82, 2.24) is 0 Å². The molecule has 0 N–H and O–H groups in total. The molecule has 1 unspecified atom stereocenters. The molecule has 1 aromatic rings. The van der Waals surface area contributed by atoms with Crippen molar-refractivity contribution in [3.8, 4) is 11.5 Å². The van der Waals surface area contributed by atoms with Crippen LogP contribution in [0.5, 0.6) is 11.5 Å². The Kier molecular flexibility index (Phi) is 4.44. The SMILES string of the molecule is COc1cc(C=O)cc(Cl)c1OCC1CCOC1. The van der Waals surface area contributed by atoms with E-state index >= 15 is 0 Å². The van der Waals surface area contributed by atoms with E-state index in [-0.39, 0.29) is 0 Å². The number of carbonyl (C=O) groups is 1. The Bertz CT molecular complexity index is 427. The highest BCUT2D eigenvalue weighted by atomic mass is 35.5. The van der Waals surface area contributed by atoms with Crippen LogP contribution in [0.15, 0.2) is 12.1 Å². The maximum absolute atomic E-state index is 10.7. The number of rotatable bonds is 5. The summed E-state index contributed by atoms with van der Waals surface area (Å²) in [4.78, 5) is 10.7. The first-order chi connectivity index (χ1) is 8.74. The molecule has 0 aromatic heterocycles. The molecule has 4 nitrogen and oxygen atoms in total. The molecule has 1 fully saturated rings. The van der Waals surface area contributed by atoms with Crippen LogP contribution in [0, 0.1) is 5.92 Å². The number of aldehydes is 1. The van der Waals surface area contributed by atoms with E-state index in [1.807, 2.05) is 0 Å². The zero-order valence-electron chi connectivity index (χ0n) is 10.1. The number of benzene rings is 1. The van der Waals surface area contributed by atoms with E-state index in [0.717, 1.165) is 19.3 Å². The summed E-state index contributed by atoms with van der Waals surface area (Å²) >= 11 is 6.08. The van der Waals surface area contributed by atoms with Gasteiger partial charge in [-0.3, -0.25) is 4.79 Å². The minimum atomic E-state index is 0.385. The Labute approximate surface area is 111 Å². The fourth-order valence-electron chi connectivity index (χ4n) is 1.86. The van der Waals surface area contributed by atoms with Crippen LogP contribution >= 0.6 is 11.6 Å². The fourth-order valence-corrected chi connectivity index (χ4v) is 2.14. The lowest BCUT2D eigenvalue weighted by Crippen LogP contribution is -2.12. The molecule has 0 amide bonds. The topological polar surface area (TPSA) is 44.8 Å². The second kappa shape index (κ2) is 6.07. The minimum Gasteiger partial charge on any atom is -0.493 e. The third kappa shape index (κ3) is 2.94. The Morgan fingerprint density at radius 3 is 3.00 bits per heavy atom. The Morgan fingerprint density at radius 2 is 2.39 bits per heavy atom. The summed E-state index contributed by atoms with van der Waals surface area (Å²) in [6, 6.07) is 3.18. The molecule has 1 saturated heterocycles. The van der Waals surface area contributed by atoms with Gasteiger partial charge >= 0.3 is 0 Å². The highest BCUT2D eigenvalue weighted by Crippen LogP contribution is 2.36. The van der Waals surface area contributed by atoms with E-state index in [0.29, 0.717) is 41.2 Å². The number of hydrogen-bond donors (Lipinski definition) is 0. The van der Waals surface area contributed by atoms with Crippen LogP contribution in [-0.2, 0) is 4.74 Å². The molecule has 0 aliphatic carbocycles. The standard InChI is InChI=1S/C13H15ClO4/c1-16-12-5-10(6-15)4-11(14)13(12)18-8-9-2-3-17-7-9/h4-6,9H,2-3,7-8H2,1H3. The molecule has 1 heterocycles. The van der Waals surface area contributed by atoms with Crippen LogP contribution in [0.25, 0.3) is 0 Å². The van der Waals surface area contributed by atoms with E-state index in [9.17, 15) is 4.79 Å². The summed E-state index contributed by atoms with van der Waals surface area (Å²) < 4.78 is 16.2. The summed E-state index contributed by atoms with van der Waals surface area (Å²) in [6.07, 6.45) is 1.72. The molecule has 0 radical (unpaired) electrons. The number of halogens is 1. The lowest BCUT2D eigenvalue weighted by molar-refractivity contribution is 0.112. The predicted molar refractivity (Wildman–Crippen MR) is 67.8 cm³/mol.